The maximum atomic E-state index is 12.4. The molecular formula is C15H22N6O2S. The molecule has 3 rings (SSSR count). The summed E-state index contributed by atoms with van der Waals surface area (Å²) < 4.78 is 29.0. The normalized spacial score (nSPS) is 15.7. The summed E-state index contributed by atoms with van der Waals surface area (Å²) in [7, 11) is -3.74. The van der Waals surface area contributed by atoms with Gasteiger partial charge in [0.1, 0.15) is 0 Å². The fourth-order valence-electron chi connectivity index (χ4n) is 2.58. The molecule has 8 nitrogen and oxygen atoms in total. The number of piperidine rings is 1. The van der Waals surface area contributed by atoms with Crippen molar-refractivity contribution in [3.8, 4) is 0 Å². The van der Waals surface area contributed by atoms with Crippen molar-refractivity contribution in [1.29, 1.82) is 0 Å². The van der Waals surface area contributed by atoms with E-state index < -0.39 is 10.0 Å². The predicted molar refractivity (Wildman–Crippen MR) is 91.5 cm³/mol. The highest BCUT2D eigenvalue weighted by atomic mass is 32.2. The molecule has 9 heteroatoms. The number of anilines is 2. The molecule has 1 aliphatic rings. The number of sulfonamides is 1. The monoisotopic (exact) mass is 350 g/mol. The molecule has 0 atom stereocenters. The lowest BCUT2D eigenvalue weighted by Gasteiger charge is -2.26. The van der Waals surface area contributed by atoms with Crippen molar-refractivity contribution in [2.24, 2.45) is 0 Å². The zero-order chi connectivity index (χ0) is 17.2. The topological polar surface area (TPSA) is 93.0 Å². The van der Waals surface area contributed by atoms with Crippen molar-refractivity contribution >= 4 is 21.7 Å². The van der Waals surface area contributed by atoms with Gasteiger partial charge in [-0.2, -0.15) is 8.42 Å². The smallest absolute Gasteiger partial charge is 0.281 e. The molecule has 0 radical (unpaired) electrons. The minimum Gasteiger partial charge on any atom is -0.341 e. The zero-order valence-electron chi connectivity index (χ0n) is 13.9. The predicted octanol–water partition coefficient (Wildman–Crippen LogP) is 2.05. The van der Waals surface area contributed by atoms with Gasteiger partial charge in [-0.05, 0) is 33.1 Å². The Morgan fingerprint density at radius 2 is 1.75 bits per heavy atom. The molecule has 1 aliphatic heterocycles. The first-order valence-corrected chi connectivity index (χ1v) is 9.57. The lowest BCUT2D eigenvalue weighted by molar-refractivity contribution is 0.568. The number of rotatable bonds is 5. The first kappa shape index (κ1) is 16.7. The van der Waals surface area contributed by atoms with E-state index in [4.69, 9.17) is 0 Å². The van der Waals surface area contributed by atoms with Crippen LogP contribution < -0.4 is 9.62 Å². The quantitative estimate of drug-likeness (QED) is 0.887. The van der Waals surface area contributed by atoms with Crippen LogP contribution >= 0.6 is 0 Å². The fraction of sp³-hybridized carbons (Fsp3) is 0.533. The van der Waals surface area contributed by atoms with Gasteiger partial charge in [0.25, 0.3) is 10.0 Å². The molecule has 0 spiro atoms. The molecule has 3 heterocycles. The van der Waals surface area contributed by atoms with Crippen LogP contribution in [0.5, 0.6) is 0 Å². The standard InChI is InChI=1S/C15H22N6O2S/c1-12(2)21-10-14(18-11-21)24(22,23)19-13-8-16-15(17-9-13)20-6-4-3-5-7-20/h8-12,19H,3-7H2,1-2H3. The molecule has 0 unspecified atom stereocenters. The molecule has 0 bridgehead atoms. The van der Waals surface area contributed by atoms with E-state index in [9.17, 15) is 8.42 Å². The molecule has 1 fully saturated rings. The highest BCUT2D eigenvalue weighted by Crippen LogP contribution is 2.18. The van der Waals surface area contributed by atoms with Gasteiger partial charge < -0.3 is 9.47 Å². The Hall–Kier alpha value is -2.16. The summed E-state index contributed by atoms with van der Waals surface area (Å²) in [6.45, 7) is 5.80. The second kappa shape index (κ2) is 6.76. The maximum absolute atomic E-state index is 12.4. The SMILES string of the molecule is CC(C)n1cnc(S(=O)(=O)Nc2cnc(N3CCCCC3)nc2)c1. The van der Waals surface area contributed by atoms with Gasteiger partial charge in [-0.1, -0.05) is 0 Å². The third-order valence-electron chi connectivity index (χ3n) is 3.98. The molecule has 1 saturated heterocycles. The van der Waals surface area contributed by atoms with E-state index in [1.807, 2.05) is 13.8 Å². The van der Waals surface area contributed by atoms with Gasteiger partial charge in [-0.15, -0.1) is 0 Å². The summed E-state index contributed by atoms with van der Waals surface area (Å²) in [5.74, 6) is 0.640. The Morgan fingerprint density at radius 1 is 1.08 bits per heavy atom. The highest BCUT2D eigenvalue weighted by Gasteiger charge is 2.19. The van der Waals surface area contributed by atoms with Crippen LogP contribution in [0.25, 0.3) is 0 Å². The number of hydrogen-bond donors (Lipinski definition) is 1. The van der Waals surface area contributed by atoms with Crippen molar-refractivity contribution in [2.45, 2.75) is 44.2 Å². The minimum absolute atomic E-state index is 0.0173. The maximum Gasteiger partial charge on any atom is 0.281 e. The van der Waals surface area contributed by atoms with E-state index in [2.05, 4.69) is 24.6 Å². The van der Waals surface area contributed by atoms with E-state index in [-0.39, 0.29) is 11.1 Å². The van der Waals surface area contributed by atoms with Gasteiger partial charge >= 0.3 is 0 Å². The van der Waals surface area contributed by atoms with Gasteiger partial charge in [0, 0.05) is 25.3 Å². The summed E-state index contributed by atoms with van der Waals surface area (Å²) in [6, 6.07) is 0.147. The Balaban J connectivity index is 1.72. The van der Waals surface area contributed by atoms with E-state index in [0.29, 0.717) is 11.6 Å². The van der Waals surface area contributed by atoms with Gasteiger partial charge in [-0.25, -0.2) is 15.0 Å². The minimum atomic E-state index is -3.74. The zero-order valence-corrected chi connectivity index (χ0v) is 14.7. The Kier molecular flexibility index (Phi) is 4.70. The lowest BCUT2D eigenvalue weighted by Crippen LogP contribution is -2.30. The molecule has 24 heavy (non-hydrogen) atoms. The summed E-state index contributed by atoms with van der Waals surface area (Å²) in [4.78, 5) is 14.6. The van der Waals surface area contributed by atoms with Crippen molar-refractivity contribution in [3.05, 3.63) is 24.9 Å². The average Bonchev–Trinajstić information content (AvgIpc) is 3.07. The van der Waals surface area contributed by atoms with Crippen LogP contribution in [0.15, 0.2) is 29.9 Å². The molecule has 0 amide bonds. The second-order valence-electron chi connectivity index (χ2n) is 6.18. The van der Waals surface area contributed by atoms with E-state index in [1.165, 1.54) is 31.3 Å². The Morgan fingerprint density at radius 3 is 2.33 bits per heavy atom. The summed E-state index contributed by atoms with van der Waals surface area (Å²) in [5.41, 5.74) is 0.329. The van der Waals surface area contributed by atoms with Gasteiger partial charge in [0.05, 0.1) is 24.4 Å². The summed E-state index contributed by atoms with van der Waals surface area (Å²) in [5, 5.41) is -0.0173. The molecule has 2 aromatic heterocycles. The highest BCUT2D eigenvalue weighted by molar-refractivity contribution is 7.92. The van der Waals surface area contributed by atoms with Crippen LogP contribution in [0.3, 0.4) is 0 Å². The van der Waals surface area contributed by atoms with Crippen LogP contribution in [0.4, 0.5) is 11.6 Å². The average molecular weight is 350 g/mol. The molecule has 0 saturated carbocycles. The lowest BCUT2D eigenvalue weighted by atomic mass is 10.1. The van der Waals surface area contributed by atoms with Gasteiger partial charge in [-0.3, -0.25) is 4.72 Å². The Labute approximate surface area is 142 Å². The van der Waals surface area contributed by atoms with E-state index in [1.54, 1.807) is 4.57 Å². The largest absolute Gasteiger partial charge is 0.341 e. The molecule has 130 valence electrons. The molecule has 2 aromatic rings. The summed E-state index contributed by atoms with van der Waals surface area (Å²) in [6.07, 6.45) is 9.51. The van der Waals surface area contributed by atoms with Gasteiger partial charge in [0.15, 0.2) is 5.03 Å². The fourth-order valence-corrected chi connectivity index (χ4v) is 3.54. The van der Waals surface area contributed by atoms with Crippen molar-refractivity contribution < 1.29 is 8.42 Å². The molecule has 0 aliphatic carbocycles. The third kappa shape index (κ3) is 3.66. The summed E-state index contributed by atoms with van der Waals surface area (Å²) >= 11 is 0. The number of imidazole rings is 1. The van der Waals surface area contributed by atoms with Crippen molar-refractivity contribution in [3.63, 3.8) is 0 Å². The van der Waals surface area contributed by atoms with Crippen LogP contribution in [0.2, 0.25) is 0 Å². The second-order valence-corrected chi connectivity index (χ2v) is 7.81. The van der Waals surface area contributed by atoms with Crippen LogP contribution in [0, 0.1) is 0 Å². The van der Waals surface area contributed by atoms with Gasteiger partial charge in [0.2, 0.25) is 5.95 Å². The van der Waals surface area contributed by atoms with E-state index in [0.717, 1.165) is 25.9 Å². The van der Waals surface area contributed by atoms with Crippen LogP contribution in [-0.4, -0.2) is 41.0 Å². The van der Waals surface area contributed by atoms with Crippen molar-refractivity contribution in [1.82, 2.24) is 19.5 Å². The van der Waals surface area contributed by atoms with E-state index >= 15 is 0 Å². The molecule has 0 aromatic carbocycles. The van der Waals surface area contributed by atoms with Crippen LogP contribution in [-0.2, 0) is 10.0 Å². The third-order valence-corrected chi connectivity index (χ3v) is 5.24. The first-order valence-electron chi connectivity index (χ1n) is 8.09. The van der Waals surface area contributed by atoms with Crippen molar-refractivity contribution in [2.75, 3.05) is 22.7 Å². The number of nitrogens with zero attached hydrogens (tertiary/aromatic N) is 5. The number of hydrogen-bond acceptors (Lipinski definition) is 6. The Bertz CT molecular complexity index is 779. The van der Waals surface area contributed by atoms with Crippen LogP contribution in [0.1, 0.15) is 39.2 Å². The number of nitrogens with one attached hydrogen (secondary N) is 1. The first-order chi connectivity index (χ1) is 11.5. The molecular weight excluding hydrogens is 328 g/mol. The molecule has 1 N–H and O–H groups in total. The number of aromatic nitrogens is 4.